The normalized spacial score (nSPS) is 47.0. The Morgan fingerprint density at radius 1 is 0.900 bits per heavy atom. The zero-order chi connectivity index (χ0) is 13.5. The highest BCUT2D eigenvalue weighted by Crippen LogP contribution is 2.39. The predicted octanol–water partition coefficient (Wildman–Crippen LogP) is -0.185. The molecule has 1 saturated carbocycles. The van der Waals surface area contributed by atoms with Crippen LogP contribution in [0.15, 0.2) is 0 Å². The molecule has 20 heavy (non-hydrogen) atoms. The molecular weight excluding hydrogens is 250 g/mol. The molecule has 5 nitrogen and oxygen atoms in total. The Morgan fingerprint density at radius 2 is 1.70 bits per heavy atom. The third-order valence-corrected chi connectivity index (χ3v) is 6.09. The second-order valence-corrected chi connectivity index (χ2v) is 7.22. The van der Waals surface area contributed by atoms with Crippen molar-refractivity contribution in [3.8, 4) is 0 Å². The zero-order valence-electron chi connectivity index (χ0n) is 12.6. The van der Waals surface area contributed by atoms with Crippen LogP contribution in [0.5, 0.6) is 0 Å². The molecule has 114 valence electrons. The summed E-state index contributed by atoms with van der Waals surface area (Å²) in [5.41, 5.74) is 7.22. The first-order chi connectivity index (χ1) is 9.83. The Hall–Kier alpha value is -0.200. The minimum Gasteiger partial charge on any atom is -0.312 e. The molecule has 0 spiro atoms. The van der Waals surface area contributed by atoms with Crippen LogP contribution in [0.2, 0.25) is 0 Å². The van der Waals surface area contributed by atoms with Crippen molar-refractivity contribution in [3.63, 3.8) is 0 Å². The number of nitrogens with one attached hydrogen (secondary N) is 3. The molecule has 5 unspecified atom stereocenters. The molecule has 0 radical (unpaired) electrons. The Balaban J connectivity index is 1.49. The first-order valence-corrected chi connectivity index (χ1v) is 8.50. The summed E-state index contributed by atoms with van der Waals surface area (Å²) in [4.78, 5) is 5.14. The summed E-state index contributed by atoms with van der Waals surface area (Å²) in [6.07, 6.45) is 6.23. The first kappa shape index (κ1) is 13.5. The molecule has 3 saturated heterocycles. The van der Waals surface area contributed by atoms with Crippen LogP contribution in [0.1, 0.15) is 25.7 Å². The molecule has 0 aromatic rings. The van der Waals surface area contributed by atoms with Crippen molar-refractivity contribution < 1.29 is 0 Å². The maximum atomic E-state index is 3.79. The fourth-order valence-corrected chi connectivity index (χ4v) is 4.91. The van der Waals surface area contributed by atoms with Gasteiger partial charge in [0, 0.05) is 50.7 Å². The Labute approximate surface area is 122 Å². The predicted molar refractivity (Wildman–Crippen MR) is 80.2 cm³/mol. The maximum absolute atomic E-state index is 3.79. The molecular formula is C15H29N5. The van der Waals surface area contributed by atoms with Gasteiger partial charge in [-0.05, 0) is 25.8 Å². The lowest BCUT2D eigenvalue weighted by atomic mass is 9.70. The number of likely N-dealkylation sites (N-methyl/N-ethyl adjacent to an activating group) is 1. The van der Waals surface area contributed by atoms with Crippen molar-refractivity contribution in [1.29, 1.82) is 0 Å². The van der Waals surface area contributed by atoms with Gasteiger partial charge in [0.1, 0.15) is 0 Å². The minimum atomic E-state index is 0.557. The van der Waals surface area contributed by atoms with Gasteiger partial charge >= 0.3 is 0 Å². The van der Waals surface area contributed by atoms with Gasteiger partial charge in [0.25, 0.3) is 0 Å². The van der Waals surface area contributed by atoms with Gasteiger partial charge in [-0.25, -0.2) is 5.43 Å². The van der Waals surface area contributed by atoms with E-state index in [9.17, 15) is 0 Å². The number of nitrogens with zero attached hydrogens (tertiary/aromatic N) is 2. The first-order valence-electron chi connectivity index (χ1n) is 8.50. The molecule has 3 heterocycles. The van der Waals surface area contributed by atoms with Crippen LogP contribution in [0.3, 0.4) is 0 Å². The van der Waals surface area contributed by atoms with E-state index in [4.69, 9.17) is 0 Å². The highest BCUT2D eigenvalue weighted by Gasteiger charge is 2.49. The van der Waals surface area contributed by atoms with Crippen molar-refractivity contribution in [3.05, 3.63) is 0 Å². The average molecular weight is 279 g/mol. The Bertz CT molecular complexity index is 341. The molecule has 4 aliphatic rings. The van der Waals surface area contributed by atoms with Gasteiger partial charge < -0.3 is 10.2 Å². The van der Waals surface area contributed by atoms with E-state index < -0.39 is 0 Å². The highest BCUT2D eigenvalue weighted by atomic mass is 15.5. The van der Waals surface area contributed by atoms with E-state index >= 15 is 0 Å². The van der Waals surface area contributed by atoms with Crippen LogP contribution in [-0.4, -0.2) is 67.8 Å². The molecule has 5 heteroatoms. The fourth-order valence-electron chi connectivity index (χ4n) is 4.91. The molecule has 0 bridgehead atoms. The van der Waals surface area contributed by atoms with E-state index in [2.05, 4.69) is 33.0 Å². The monoisotopic (exact) mass is 279 g/mol. The van der Waals surface area contributed by atoms with E-state index in [-0.39, 0.29) is 0 Å². The summed E-state index contributed by atoms with van der Waals surface area (Å²) >= 11 is 0. The van der Waals surface area contributed by atoms with Crippen LogP contribution >= 0.6 is 0 Å². The largest absolute Gasteiger partial charge is 0.312 e. The van der Waals surface area contributed by atoms with Gasteiger partial charge in [-0.15, -0.1) is 0 Å². The number of hydrogen-bond acceptors (Lipinski definition) is 5. The fraction of sp³-hybridized carbons (Fsp3) is 1.00. The summed E-state index contributed by atoms with van der Waals surface area (Å²) in [7, 11) is 2.24. The molecule has 3 N–H and O–H groups in total. The van der Waals surface area contributed by atoms with Crippen LogP contribution in [-0.2, 0) is 0 Å². The van der Waals surface area contributed by atoms with Gasteiger partial charge in [0.15, 0.2) is 0 Å². The van der Waals surface area contributed by atoms with E-state index in [1.165, 1.54) is 51.9 Å². The third-order valence-electron chi connectivity index (χ3n) is 6.09. The molecule has 4 rings (SSSR count). The average Bonchev–Trinajstić information content (AvgIpc) is 2.92. The third kappa shape index (κ3) is 2.29. The van der Waals surface area contributed by atoms with Crippen molar-refractivity contribution in [2.45, 2.75) is 43.9 Å². The number of hydrazine groups is 1. The molecule has 0 amide bonds. The summed E-state index contributed by atoms with van der Waals surface area (Å²) in [6.45, 7) is 5.99. The van der Waals surface area contributed by atoms with Crippen LogP contribution in [0.4, 0.5) is 0 Å². The van der Waals surface area contributed by atoms with Gasteiger partial charge in [0.2, 0.25) is 0 Å². The standard InChI is InChI=1S/C15H29N5/c1-19-6-8-20(9-7-19)15-14-11-4-2-3-5-12(11)16-10-13(14)17-18-15/h11-18H,2-10H2,1H3. The van der Waals surface area contributed by atoms with Crippen LogP contribution < -0.4 is 16.2 Å². The molecule has 1 aliphatic carbocycles. The number of hydrogen-bond donors (Lipinski definition) is 3. The minimum absolute atomic E-state index is 0.557. The van der Waals surface area contributed by atoms with Crippen molar-refractivity contribution >= 4 is 0 Å². The Kier molecular flexibility index (Phi) is 3.73. The summed E-state index contributed by atoms with van der Waals surface area (Å²) in [6, 6.07) is 1.40. The number of piperazine rings is 1. The van der Waals surface area contributed by atoms with Gasteiger partial charge in [-0.1, -0.05) is 12.8 Å². The molecule has 3 aliphatic heterocycles. The lowest BCUT2D eigenvalue weighted by molar-refractivity contribution is 0.0320. The molecule has 5 atom stereocenters. The number of rotatable bonds is 1. The zero-order valence-corrected chi connectivity index (χ0v) is 12.6. The summed E-state index contributed by atoms with van der Waals surface area (Å²) in [5.74, 6) is 1.67. The smallest absolute Gasteiger partial charge is 0.0777 e. The molecule has 0 aromatic heterocycles. The van der Waals surface area contributed by atoms with Gasteiger partial charge in [-0.3, -0.25) is 10.3 Å². The molecule has 0 aromatic carbocycles. The lowest BCUT2D eigenvalue weighted by Crippen LogP contribution is -2.60. The van der Waals surface area contributed by atoms with E-state index in [1.54, 1.807) is 0 Å². The van der Waals surface area contributed by atoms with Crippen molar-refractivity contribution in [2.75, 3.05) is 39.8 Å². The summed E-state index contributed by atoms with van der Waals surface area (Å²) < 4.78 is 0. The van der Waals surface area contributed by atoms with Crippen LogP contribution in [0, 0.1) is 11.8 Å². The van der Waals surface area contributed by atoms with Gasteiger partial charge in [-0.2, -0.15) is 0 Å². The van der Waals surface area contributed by atoms with E-state index in [0.717, 1.165) is 24.4 Å². The van der Waals surface area contributed by atoms with Crippen molar-refractivity contribution in [1.82, 2.24) is 26.0 Å². The maximum Gasteiger partial charge on any atom is 0.0777 e. The highest BCUT2D eigenvalue weighted by molar-refractivity contribution is 5.04. The lowest BCUT2D eigenvalue weighted by Gasteiger charge is -2.47. The number of fused-ring (bicyclic) bond motifs is 3. The van der Waals surface area contributed by atoms with Gasteiger partial charge in [0.05, 0.1) is 6.17 Å². The topological polar surface area (TPSA) is 42.6 Å². The second kappa shape index (κ2) is 5.54. The second-order valence-electron chi connectivity index (χ2n) is 7.22. The van der Waals surface area contributed by atoms with Crippen LogP contribution in [0.25, 0.3) is 0 Å². The Morgan fingerprint density at radius 3 is 2.55 bits per heavy atom. The molecule has 4 fully saturated rings. The van der Waals surface area contributed by atoms with E-state index in [0.29, 0.717) is 12.2 Å². The van der Waals surface area contributed by atoms with E-state index in [1.807, 2.05) is 0 Å². The number of piperidine rings is 1. The summed E-state index contributed by atoms with van der Waals surface area (Å²) in [5, 5.41) is 3.79. The quantitative estimate of drug-likeness (QED) is 0.621. The van der Waals surface area contributed by atoms with Crippen molar-refractivity contribution in [2.24, 2.45) is 11.8 Å². The SMILES string of the molecule is CN1CCN(C2NNC3CNC4CCCCC4C32)CC1.